The molecule has 8 heteroatoms. The van der Waals surface area contributed by atoms with E-state index in [0.29, 0.717) is 12.0 Å². The third-order valence-corrected chi connectivity index (χ3v) is 2.54. The number of hydrogen-bond acceptors (Lipinski definition) is 6. The van der Waals surface area contributed by atoms with Crippen molar-refractivity contribution in [1.82, 2.24) is 5.48 Å². The Kier molecular flexibility index (Phi) is 6.12. The molecule has 1 aliphatic rings. The van der Waals surface area contributed by atoms with E-state index in [1.807, 2.05) is 6.92 Å². The van der Waals surface area contributed by atoms with Crippen molar-refractivity contribution >= 4 is 23.6 Å². The fraction of sp³-hybridized carbons (Fsp3) is 0.385. The van der Waals surface area contributed by atoms with E-state index in [4.69, 9.17) is 10.2 Å². The van der Waals surface area contributed by atoms with E-state index >= 15 is 0 Å². The molecule has 0 aliphatic carbocycles. The van der Waals surface area contributed by atoms with E-state index in [2.05, 4.69) is 15.3 Å². The van der Waals surface area contributed by atoms with Gasteiger partial charge >= 0.3 is 17.9 Å². The summed E-state index contributed by atoms with van der Waals surface area (Å²) in [6.07, 6.45) is 5.01. The fourth-order valence-electron chi connectivity index (χ4n) is 1.58. The van der Waals surface area contributed by atoms with Crippen LogP contribution < -0.4 is 5.48 Å². The number of hydrogen-bond donors (Lipinski definition) is 3. The lowest BCUT2D eigenvalue weighted by molar-refractivity contribution is -0.149. The molecule has 1 rings (SSSR count). The molecule has 0 radical (unpaired) electrons. The topological polar surface area (TPSA) is 125 Å². The summed E-state index contributed by atoms with van der Waals surface area (Å²) in [6, 6.07) is -1.14. The quantitative estimate of drug-likeness (QED) is 0.589. The van der Waals surface area contributed by atoms with E-state index < -0.39 is 23.9 Å². The van der Waals surface area contributed by atoms with Crippen LogP contribution in [0.3, 0.4) is 0 Å². The van der Waals surface area contributed by atoms with Crippen molar-refractivity contribution in [3.8, 4) is 0 Å². The molecule has 0 amide bonds. The van der Waals surface area contributed by atoms with Crippen LogP contribution in [0.25, 0.3) is 0 Å². The second kappa shape index (κ2) is 7.83. The first kappa shape index (κ1) is 16.4. The highest BCUT2D eigenvalue weighted by Gasteiger charge is 2.24. The molecule has 0 saturated carbocycles. The molecule has 0 aromatic carbocycles. The van der Waals surface area contributed by atoms with Gasteiger partial charge in [-0.05, 0) is 24.1 Å². The summed E-state index contributed by atoms with van der Waals surface area (Å²) in [5.74, 6) is -2.92. The highest BCUT2D eigenvalue weighted by Crippen LogP contribution is 2.16. The lowest BCUT2D eigenvalue weighted by Crippen LogP contribution is -2.26. The number of aliphatic carboxylic acids is 2. The Morgan fingerprint density at radius 2 is 2.19 bits per heavy atom. The summed E-state index contributed by atoms with van der Waals surface area (Å²) >= 11 is 0. The van der Waals surface area contributed by atoms with E-state index in [0.717, 1.165) is 0 Å². The average molecular weight is 296 g/mol. The van der Waals surface area contributed by atoms with Gasteiger partial charge < -0.3 is 15.1 Å². The van der Waals surface area contributed by atoms with Crippen LogP contribution in [-0.2, 0) is 19.2 Å². The van der Waals surface area contributed by atoms with E-state index in [9.17, 15) is 14.4 Å². The first-order chi connectivity index (χ1) is 9.93. The smallest absolute Gasteiger partial charge is 0.354 e. The van der Waals surface area contributed by atoms with Gasteiger partial charge in [-0.25, -0.2) is 19.9 Å². The van der Waals surface area contributed by atoms with E-state index in [-0.39, 0.29) is 18.6 Å². The highest BCUT2D eigenvalue weighted by atomic mass is 16.7. The van der Waals surface area contributed by atoms with Crippen molar-refractivity contribution in [1.29, 1.82) is 0 Å². The SMILES string of the molecule is CCCC(=O)ON/C=C/C1=CC(C(=O)O)=N[C@H](C(=O)O)C1. The minimum absolute atomic E-state index is 0.0627. The molecule has 1 heterocycles. The van der Waals surface area contributed by atoms with Gasteiger partial charge in [0.15, 0.2) is 6.04 Å². The molecule has 0 fully saturated rings. The zero-order valence-corrected chi connectivity index (χ0v) is 11.4. The number of rotatable bonds is 7. The van der Waals surface area contributed by atoms with Gasteiger partial charge in [0.2, 0.25) is 0 Å². The maximum absolute atomic E-state index is 11.1. The Labute approximate surface area is 120 Å². The van der Waals surface area contributed by atoms with Crippen LogP contribution in [0.2, 0.25) is 0 Å². The van der Waals surface area contributed by atoms with Crippen molar-refractivity contribution in [2.45, 2.75) is 32.2 Å². The van der Waals surface area contributed by atoms with Crippen LogP contribution in [0.5, 0.6) is 0 Å². The minimum Gasteiger partial charge on any atom is -0.480 e. The average Bonchev–Trinajstić information content (AvgIpc) is 2.43. The van der Waals surface area contributed by atoms with Gasteiger partial charge in [-0.15, -0.1) is 0 Å². The number of hydroxylamine groups is 1. The summed E-state index contributed by atoms with van der Waals surface area (Å²) in [6.45, 7) is 1.84. The van der Waals surface area contributed by atoms with Crippen molar-refractivity contribution in [2.75, 3.05) is 0 Å². The highest BCUT2D eigenvalue weighted by molar-refractivity contribution is 6.41. The lowest BCUT2D eigenvalue weighted by atomic mass is 10.0. The summed E-state index contributed by atoms with van der Waals surface area (Å²) in [5.41, 5.74) is 2.43. The molecule has 0 spiro atoms. The normalized spacial score (nSPS) is 17.9. The minimum atomic E-state index is -1.30. The molecular formula is C13H16N2O6. The maximum atomic E-state index is 11.1. The van der Waals surface area contributed by atoms with Crippen molar-refractivity contribution in [3.63, 3.8) is 0 Å². The Morgan fingerprint density at radius 3 is 2.76 bits per heavy atom. The Hall–Kier alpha value is -2.64. The number of nitrogens with one attached hydrogen (secondary N) is 1. The summed E-state index contributed by atoms with van der Waals surface area (Å²) in [5, 5.41) is 17.8. The van der Waals surface area contributed by atoms with Crippen molar-refractivity contribution in [3.05, 3.63) is 23.9 Å². The fourth-order valence-corrected chi connectivity index (χ4v) is 1.58. The second-order valence-corrected chi connectivity index (χ2v) is 4.27. The zero-order valence-electron chi connectivity index (χ0n) is 11.4. The standard InChI is InChI=1S/C13H16N2O6/c1-2-3-11(16)21-14-5-4-8-6-9(12(17)18)15-10(7-8)13(19)20/h4-6,10,14H,2-3,7H2,1H3,(H,17,18)(H,19,20)/b5-4+/t10-/m0/s1. The molecule has 1 aliphatic heterocycles. The molecule has 1 atom stereocenters. The van der Waals surface area contributed by atoms with Crippen LogP contribution in [0.15, 0.2) is 28.9 Å². The van der Waals surface area contributed by atoms with Gasteiger partial charge in [-0.2, -0.15) is 0 Å². The van der Waals surface area contributed by atoms with Crippen LogP contribution in [-0.4, -0.2) is 39.9 Å². The number of carbonyl (C=O) groups is 3. The van der Waals surface area contributed by atoms with Gasteiger partial charge in [0.05, 0.1) is 0 Å². The van der Waals surface area contributed by atoms with Crippen LogP contribution in [0.4, 0.5) is 0 Å². The third-order valence-electron chi connectivity index (χ3n) is 2.54. The molecule has 8 nitrogen and oxygen atoms in total. The van der Waals surface area contributed by atoms with E-state index in [1.54, 1.807) is 0 Å². The van der Waals surface area contributed by atoms with Crippen LogP contribution in [0, 0.1) is 0 Å². The Bertz CT molecular complexity index is 521. The summed E-state index contributed by atoms with van der Waals surface area (Å²) < 4.78 is 0. The van der Waals surface area contributed by atoms with E-state index in [1.165, 1.54) is 18.4 Å². The zero-order chi connectivity index (χ0) is 15.8. The first-order valence-electron chi connectivity index (χ1n) is 6.30. The largest absolute Gasteiger partial charge is 0.480 e. The number of nitrogens with zero attached hydrogens (tertiary/aromatic N) is 1. The molecule has 0 aromatic rings. The molecular weight excluding hydrogens is 280 g/mol. The molecule has 0 aromatic heterocycles. The van der Waals surface area contributed by atoms with Crippen molar-refractivity contribution in [2.24, 2.45) is 4.99 Å². The predicted octanol–water partition coefficient (Wildman–Crippen LogP) is 0.657. The van der Waals surface area contributed by atoms with Gasteiger partial charge in [-0.1, -0.05) is 6.92 Å². The molecule has 0 unspecified atom stereocenters. The number of aliphatic imine (C=N–C) groups is 1. The monoisotopic (exact) mass is 296 g/mol. The molecule has 0 bridgehead atoms. The molecule has 3 N–H and O–H groups in total. The maximum Gasteiger partial charge on any atom is 0.354 e. The second-order valence-electron chi connectivity index (χ2n) is 4.27. The van der Waals surface area contributed by atoms with Gasteiger partial charge in [0, 0.05) is 19.0 Å². The molecule has 0 saturated heterocycles. The third kappa shape index (κ3) is 5.47. The summed E-state index contributed by atoms with van der Waals surface area (Å²) in [4.78, 5) is 41.1. The first-order valence-corrected chi connectivity index (χ1v) is 6.30. The number of carboxylic acids is 2. The van der Waals surface area contributed by atoms with Crippen LogP contribution >= 0.6 is 0 Å². The number of dihydropyridines is 1. The van der Waals surface area contributed by atoms with Crippen molar-refractivity contribution < 1.29 is 29.4 Å². The number of allylic oxidation sites excluding steroid dienone is 1. The Balaban J connectivity index is 2.65. The molecule has 21 heavy (non-hydrogen) atoms. The van der Waals surface area contributed by atoms with Crippen LogP contribution in [0.1, 0.15) is 26.2 Å². The Morgan fingerprint density at radius 1 is 1.48 bits per heavy atom. The predicted molar refractivity (Wildman–Crippen MR) is 72.5 cm³/mol. The lowest BCUT2D eigenvalue weighted by Gasteiger charge is -2.14. The number of carboxylic acid groups (broad SMARTS) is 2. The molecule has 114 valence electrons. The van der Waals surface area contributed by atoms with Gasteiger partial charge in [0.25, 0.3) is 0 Å². The number of carbonyl (C=O) groups excluding carboxylic acids is 1. The summed E-state index contributed by atoms with van der Waals surface area (Å²) in [7, 11) is 0. The van der Waals surface area contributed by atoms with Gasteiger partial charge in [-0.3, -0.25) is 4.99 Å². The van der Waals surface area contributed by atoms with Gasteiger partial charge in [0.1, 0.15) is 5.71 Å².